The maximum absolute atomic E-state index is 5.39. The second-order valence-electron chi connectivity index (χ2n) is 4.40. The van der Waals surface area contributed by atoms with Crippen molar-refractivity contribution >= 4 is 17.1 Å². The molecule has 0 unspecified atom stereocenters. The van der Waals surface area contributed by atoms with Crippen molar-refractivity contribution in [3.05, 3.63) is 24.4 Å². The summed E-state index contributed by atoms with van der Waals surface area (Å²) in [6, 6.07) is 4.20. The minimum Gasteiger partial charge on any atom is -0.378 e. The van der Waals surface area contributed by atoms with Gasteiger partial charge in [-0.1, -0.05) is 13.5 Å². The lowest BCUT2D eigenvalue weighted by molar-refractivity contribution is 0.122. The predicted octanol–water partition coefficient (Wildman–Crippen LogP) is 2.38. The normalized spacial score (nSPS) is 15.6. The van der Waals surface area contributed by atoms with Gasteiger partial charge in [-0.3, -0.25) is 0 Å². The number of aromatic nitrogens is 1. The highest BCUT2D eigenvalue weighted by atomic mass is 16.5. The zero-order chi connectivity index (χ0) is 13.0. The maximum Gasteiger partial charge on any atom is 0.128 e. The molecule has 0 aromatic carbocycles. The van der Waals surface area contributed by atoms with E-state index in [4.69, 9.17) is 4.74 Å². The fraction of sp³-hybridized carbons (Fsp3) is 0.500. The highest BCUT2D eigenvalue weighted by Crippen LogP contribution is 2.24. The van der Waals surface area contributed by atoms with Crippen LogP contribution in [-0.4, -0.2) is 38.3 Å². The number of nitrogens with zero attached hydrogens (tertiary/aromatic N) is 2. The molecule has 1 aromatic heterocycles. The Bertz CT molecular complexity index is 425. The van der Waals surface area contributed by atoms with Crippen molar-refractivity contribution in [2.45, 2.75) is 13.3 Å². The molecule has 18 heavy (non-hydrogen) atoms. The molecule has 1 aliphatic rings. The summed E-state index contributed by atoms with van der Waals surface area (Å²) in [5.41, 5.74) is 3.25. The quantitative estimate of drug-likeness (QED) is 0.886. The van der Waals surface area contributed by atoms with Gasteiger partial charge in [0.1, 0.15) is 5.82 Å². The van der Waals surface area contributed by atoms with Crippen molar-refractivity contribution in [2.75, 3.05) is 43.6 Å². The van der Waals surface area contributed by atoms with Gasteiger partial charge < -0.3 is 15.0 Å². The van der Waals surface area contributed by atoms with Crippen molar-refractivity contribution < 1.29 is 4.74 Å². The van der Waals surface area contributed by atoms with Crippen LogP contribution < -0.4 is 10.2 Å². The molecule has 0 spiro atoms. The lowest BCUT2D eigenvalue weighted by Gasteiger charge is -2.29. The second kappa shape index (κ2) is 5.87. The molecule has 0 aliphatic carbocycles. The van der Waals surface area contributed by atoms with Crippen molar-refractivity contribution in [1.82, 2.24) is 4.98 Å². The average Bonchev–Trinajstić information content (AvgIpc) is 2.46. The SMILES string of the molecule is C=C(CC)c1cc(N2CCOCC2)cc(NC)n1. The first kappa shape index (κ1) is 12.9. The smallest absolute Gasteiger partial charge is 0.128 e. The molecule has 1 fully saturated rings. The first-order valence-corrected chi connectivity index (χ1v) is 6.45. The number of hydrogen-bond donors (Lipinski definition) is 1. The maximum atomic E-state index is 5.39. The van der Waals surface area contributed by atoms with E-state index < -0.39 is 0 Å². The van der Waals surface area contributed by atoms with E-state index in [0.29, 0.717) is 0 Å². The fourth-order valence-corrected chi connectivity index (χ4v) is 2.01. The van der Waals surface area contributed by atoms with Crippen LogP contribution in [0.15, 0.2) is 18.7 Å². The van der Waals surface area contributed by atoms with Gasteiger partial charge in [0.2, 0.25) is 0 Å². The van der Waals surface area contributed by atoms with Gasteiger partial charge in [0, 0.05) is 31.9 Å². The molecule has 1 aromatic rings. The van der Waals surface area contributed by atoms with Crippen LogP contribution in [0.1, 0.15) is 19.0 Å². The Hall–Kier alpha value is -1.55. The molecule has 0 bridgehead atoms. The highest BCUT2D eigenvalue weighted by Gasteiger charge is 2.13. The summed E-state index contributed by atoms with van der Waals surface area (Å²) in [6.45, 7) is 9.63. The molecule has 1 N–H and O–H groups in total. The van der Waals surface area contributed by atoms with E-state index >= 15 is 0 Å². The Morgan fingerprint density at radius 1 is 1.44 bits per heavy atom. The molecule has 0 amide bonds. The lowest BCUT2D eigenvalue weighted by Crippen LogP contribution is -2.36. The number of hydrogen-bond acceptors (Lipinski definition) is 4. The van der Waals surface area contributed by atoms with E-state index in [9.17, 15) is 0 Å². The van der Waals surface area contributed by atoms with Crippen molar-refractivity contribution in [2.24, 2.45) is 0 Å². The standard InChI is InChI=1S/C14H21N3O/c1-4-11(2)13-9-12(10-14(15-3)16-13)17-5-7-18-8-6-17/h9-10H,2,4-8H2,1,3H3,(H,15,16). The van der Waals surface area contributed by atoms with E-state index in [2.05, 4.69) is 40.8 Å². The first-order valence-electron chi connectivity index (χ1n) is 6.45. The summed E-state index contributed by atoms with van der Waals surface area (Å²) in [4.78, 5) is 6.88. The Morgan fingerprint density at radius 3 is 2.78 bits per heavy atom. The van der Waals surface area contributed by atoms with Crippen molar-refractivity contribution in [3.63, 3.8) is 0 Å². The second-order valence-corrected chi connectivity index (χ2v) is 4.40. The fourth-order valence-electron chi connectivity index (χ4n) is 2.01. The van der Waals surface area contributed by atoms with Gasteiger partial charge in [-0.25, -0.2) is 4.98 Å². The first-order chi connectivity index (χ1) is 8.74. The number of allylic oxidation sites excluding steroid dienone is 1. The van der Waals surface area contributed by atoms with Crippen molar-refractivity contribution in [3.8, 4) is 0 Å². The molecule has 2 heterocycles. The molecule has 2 rings (SSSR count). The molecule has 0 atom stereocenters. The Balaban J connectivity index is 2.30. The Kier molecular flexibility index (Phi) is 4.20. The summed E-state index contributed by atoms with van der Waals surface area (Å²) >= 11 is 0. The summed E-state index contributed by atoms with van der Waals surface area (Å²) in [5, 5.41) is 3.12. The predicted molar refractivity (Wildman–Crippen MR) is 76.1 cm³/mol. The van der Waals surface area contributed by atoms with Crippen LogP contribution in [0, 0.1) is 0 Å². The van der Waals surface area contributed by atoms with Gasteiger partial charge >= 0.3 is 0 Å². The van der Waals surface area contributed by atoms with Gasteiger partial charge in [0.05, 0.1) is 18.9 Å². The summed E-state index contributed by atoms with van der Waals surface area (Å²) in [7, 11) is 1.89. The van der Waals surface area contributed by atoms with Crippen LogP contribution in [0.4, 0.5) is 11.5 Å². The van der Waals surface area contributed by atoms with Gasteiger partial charge in [-0.2, -0.15) is 0 Å². The number of morpholine rings is 1. The minimum atomic E-state index is 0.793. The number of nitrogens with one attached hydrogen (secondary N) is 1. The highest BCUT2D eigenvalue weighted by molar-refractivity contribution is 5.67. The molecule has 98 valence electrons. The van der Waals surface area contributed by atoms with E-state index in [-0.39, 0.29) is 0 Å². The molecule has 1 saturated heterocycles. The molecular weight excluding hydrogens is 226 g/mol. The topological polar surface area (TPSA) is 37.4 Å². The summed E-state index contributed by atoms with van der Waals surface area (Å²) in [6.07, 6.45) is 0.919. The average molecular weight is 247 g/mol. The van der Waals surface area contributed by atoms with Crippen LogP contribution in [0.2, 0.25) is 0 Å². The third-order valence-corrected chi connectivity index (χ3v) is 3.23. The monoisotopic (exact) mass is 247 g/mol. The third kappa shape index (κ3) is 2.82. The van der Waals surface area contributed by atoms with Crippen LogP contribution in [0.5, 0.6) is 0 Å². The molecule has 4 nitrogen and oxygen atoms in total. The zero-order valence-electron chi connectivity index (χ0n) is 11.2. The lowest BCUT2D eigenvalue weighted by atomic mass is 10.1. The molecule has 0 radical (unpaired) electrons. The van der Waals surface area contributed by atoms with E-state index in [0.717, 1.165) is 49.8 Å². The van der Waals surface area contributed by atoms with Gasteiger partial charge in [0.25, 0.3) is 0 Å². The number of anilines is 2. The number of ether oxygens (including phenoxy) is 1. The Labute approximate surface area is 109 Å². The van der Waals surface area contributed by atoms with Crippen LogP contribution in [0.3, 0.4) is 0 Å². The Morgan fingerprint density at radius 2 is 2.17 bits per heavy atom. The molecule has 4 heteroatoms. The number of pyridine rings is 1. The molecular formula is C14H21N3O. The van der Waals surface area contributed by atoms with E-state index in [1.54, 1.807) is 0 Å². The van der Waals surface area contributed by atoms with Crippen LogP contribution >= 0.6 is 0 Å². The third-order valence-electron chi connectivity index (χ3n) is 3.23. The summed E-state index contributed by atoms with van der Waals surface area (Å²) in [5.74, 6) is 0.892. The largest absolute Gasteiger partial charge is 0.378 e. The van der Waals surface area contributed by atoms with Crippen molar-refractivity contribution in [1.29, 1.82) is 0 Å². The summed E-state index contributed by atoms with van der Waals surface area (Å²) < 4.78 is 5.39. The van der Waals surface area contributed by atoms with Crippen LogP contribution in [-0.2, 0) is 4.74 Å². The van der Waals surface area contributed by atoms with Gasteiger partial charge in [-0.05, 0) is 18.1 Å². The minimum absolute atomic E-state index is 0.793. The number of rotatable bonds is 4. The van der Waals surface area contributed by atoms with E-state index in [1.807, 2.05) is 7.05 Å². The van der Waals surface area contributed by atoms with Crippen LogP contribution in [0.25, 0.3) is 5.57 Å². The zero-order valence-corrected chi connectivity index (χ0v) is 11.2. The van der Waals surface area contributed by atoms with Gasteiger partial charge in [0.15, 0.2) is 0 Å². The van der Waals surface area contributed by atoms with E-state index in [1.165, 1.54) is 5.69 Å². The van der Waals surface area contributed by atoms with Gasteiger partial charge in [-0.15, -0.1) is 0 Å². The molecule has 1 aliphatic heterocycles. The molecule has 0 saturated carbocycles.